The quantitative estimate of drug-likeness (QED) is 0.769. The highest BCUT2D eigenvalue weighted by molar-refractivity contribution is 7.92. The third kappa shape index (κ3) is 3.58. The van der Waals surface area contributed by atoms with E-state index in [1.165, 1.54) is 7.11 Å². The van der Waals surface area contributed by atoms with Gasteiger partial charge >= 0.3 is 0 Å². The molecular formula is C20H27N5O4S. The number of nitrogen functional groups attached to an aromatic ring is 1. The number of morpholine rings is 1. The Kier molecular flexibility index (Phi) is 5.31. The highest BCUT2D eigenvalue weighted by atomic mass is 32.2. The summed E-state index contributed by atoms with van der Waals surface area (Å²) in [5.74, 6) is 1.88. The van der Waals surface area contributed by atoms with E-state index in [0.717, 1.165) is 0 Å². The second kappa shape index (κ2) is 7.66. The second-order valence-electron chi connectivity index (χ2n) is 8.03. The number of hydrogen-bond donors (Lipinski definition) is 1. The maximum absolute atomic E-state index is 12.9. The summed E-state index contributed by atoms with van der Waals surface area (Å²) in [5.41, 5.74) is 7.07. The van der Waals surface area contributed by atoms with E-state index in [0.29, 0.717) is 61.4 Å². The minimum atomic E-state index is -3.32. The van der Waals surface area contributed by atoms with Crippen LogP contribution >= 0.6 is 0 Å². The molecule has 0 aliphatic carbocycles. The number of pyridine rings is 1. The number of ether oxygens (including phenoxy) is 2. The van der Waals surface area contributed by atoms with Crippen LogP contribution in [0.3, 0.4) is 0 Å². The molecule has 2 aromatic heterocycles. The Morgan fingerprint density at radius 2 is 2.07 bits per heavy atom. The van der Waals surface area contributed by atoms with Gasteiger partial charge in [-0.15, -0.1) is 0 Å². The molecule has 0 spiro atoms. The molecule has 4 rings (SSSR count). The van der Waals surface area contributed by atoms with Gasteiger partial charge < -0.3 is 20.1 Å². The molecule has 2 saturated heterocycles. The van der Waals surface area contributed by atoms with Crippen LogP contribution < -0.4 is 15.4 Å². The summed E-state index contributed by atoms with van der Waals surface area (Å²) in [6.45, 7) is 5.66. The summed E-state index contributed by atoms with van der Waals surface area (Å²) in [5, 5.41) is 0. The average Bonchev–Trinajstić information content (AvgIpc) is 3.01. The minimum Gasteiger partial charge on any atom is -0.481 e. The van der Waals surface area contributed by atoms with Gasteiger partial charge in [0.05, 0.1) is 37.8 Å². The second-order valence-corrected chi connectivity index (χ2v) is 10.6. The van der Waals surface area contributed by atoms with Gasteiger partial charge in [-0.25, -0.2) is 18.4 Å². The van der Waals surface area contributed by atoms with Crippen LogP contribution in [0.15, 0.2) is 18.2 Å². The zero-order valence-corrected chi connectivity index (χ0v) is 18.3. The normalized spacial score (nSPS) is 26.0. The SMILES string of the molecule is COc1cc(-c2nc(N3CCOC[C@H]3C)cc([C@]3(C)CCCS3(=O)=O)n2)cc(N)n1. The average molecular weight is 434 g/mol. The number of methoxy groups -OCH3 is 1. The standard InChI is InChI=1S/C20H27N5O4S/c1-13-12-29-7-6-25(13)17-11-15(20(2)5-4-8-30(20,26)27)22-19(24-17)14-9-16(21)23-18(10-14)28-3/h9-11,13H,4-8,12H2,1-3H3,(H2,21,23)/t13-,20+/m1/s1. The number of aromatic nitrogens is 3. The Bertz CT molecular complexity index is 1060. The number of nitrogens with zero attached hydrogens (tertiary/aromatic N) is 4. The monoisotopic (exact) mass is 433 g/mol. The van der Waals surface area contributed by atoms with E-state index in [-0.39, 0.29) is 17.6 Å². The summed E-state index contributed by atoms with van der Waals surface area (Å²) in [4.78, 5) is 15.7. The van der Waals surface area contributed by atoms with E-state index in [9.17, 15) is 8.42 Å². The van der Waals surface area contributed by atoms with E-state index in [1.54, 1.807) is 19.1 Å². The lowest BCUT2D eigenvalue weighted by Crippen LogP contribution is -2.44. The number of anilines is 2. The van der Waals surface area contributed by atoms with Crippen LogP contribution in [0.25, 0.3) is 11.4 Å². The van der Waals surface area contributed by atoms with Gasteiger partial charge in [-0.05, 0) is 32.8 Å². The molecule has 0 aromatic carbocycles. The van der Waals surface area contributed by atoms with Crippen molar-refractivity contribution in [3.05, 3.63) is 23.9 Å². The molecule has 0 unspecified atom stereocenters. The highest BCUT2D eigenvalue weighted by Crippen LogP contribution is 2.42. The van der Waals surface area contributed by atoms with Crippen molar-refractivity contribution in [2.24, 2.45) is 0 Å². The molecule has 30 heavy (non-hydrogen) atoms. The zero-order chi connectivity index (χ0) is 21.5. The van der Waals surface area contributed by atoms with Crippen molar-refractivity contribution in [3.8, 4) is 17.3 Å². The minimum absolute atomic E-state index is 0.111. The fourth-order valence-corrected chi connectivity index (χ4v) is 5.93. The first-order valence-corrected chi connectivity index (χ1v) is 11.7. The summed E-state index contributed by atoms with van der Waals surface area (Å²) in [7, 11) is -1.81. The van der Waals surface area contributed by atoms with E-state index >= 15 is 0 Å². The molecule has 0 bridgehead atoms. The molecule has 2 aliphatic heterocycles. The van der Waals surface area contributed by atoms with Gasteiger partial charge in [-0.1, -0.05) is 0 Å². The van der Waals surface area contributed by atoms with E-state index in [2.05, 4.69) is 16.8 Å². The fraction of sp³-hybridized carbons (Fsp3) is 0.550. The largest absolute Gasteiger partial charge is 0.481 e. The molecule has 9 nitrogen and oxygen atoms in total. The first-order valence-electron chi connectivity index (χ1n) is 10.0. The lowest BCUT2D eigenvalue weighted by Gasteiger charge is -2.35. The molecule has 4 heterocycles. The van der Waals surface area contributed by atoms with E-state index in [4.69, 9.17) is 25.2 Å². The van der Waals surface area contributed by atoms with Crippen molar-refractivity contribution in [2.45, 2.75) is 37.5 Å². The van der Waals surface area contributed by atoms with Crippen LogP contribution in [0.1, 0.15) is 32.4 Å². The molecule has 10 heteroatoms. The van der Waals surface area contributed by atoms with Crippen molar-refractivity contribution >= 4 is 21.5 Å². The van der Waals surface area contributed by atoms with Gasteiger partial charge in [0.2, 0.25) is 5.88 Å². The molecule has 0 amide bonds. The van der Waals surface area contributed by atoms with E-state index in [1.807, 2.05) is 6.07 Å². The Balaban J connectivity index is 1.90. The Morgan fingerprint density at radius 1 is 1.27 bits per heavy atom. The first-order chi connectivity index (χ1) is 14.2. The predicted molar refractivity (Wildman–Crippen MR) is 114 cm³/mol. The van der Waals surface area contributed by atoms with Crippen LogP contribution in [-0.2, 0) is 19.3 Å². The zero-order valence-electron chi connectivity index (χ0n) is 17.5. The van der Waals surface area contributed by atoms with Crippen molar-refractivity contribution in [2.75, 3.05) is 43.3 Å². The molecule has 2 atom stereocenters. The van der Waals surface area contributed by atoms with Crippen molar-refractivity contribution < 1.29 is 17.9 Å². The number of rotatable bonds is 4. The lowest BCUT2D eigenvalue weighted by atomic mass is 10.0. The molecule has 2 aromatic rings. The molecule has 2 N–H and O–H groups in total. The highest BCUT2D eigenvalue weighted by Gasteiger charge is 2.46. The van der Waals surface area contributed by atoms with Crippen molar-refractivity contribution in [1.29, 1.82) is 0 Å². The summed E-state index contributed by atoms with van der Waals surface area (Å²) in [6, 6.07) is 5.29. The van der Waals surface area contributed by atoms with Crippen LogP contribution in [0.2, 0.25) is 0 Å². The van der Waals surface area contributed by atoms with Crippen LogP contribution in [0, 0.1) is 0 Å². The molecule has 0 saturated carbocycles. The van der Waals surface area contributed by atoms with Gasteiger partial charge in [-0.3, -0.25) is 0 Å². The predicted octanol–water partition coefficient (Wildman–Crippen LogP) is 1.78. The number of nitrogens with two attached hydrogens (primary N) is 1. The smallest absolute Gasteiger partial charge is 0.215 e. The lowest BCUT2D eigenvalue weighted by molar-refractivity contribution is 0.0985. The molecule has 2 aliphatic rings. The van der Waals surface area contributed by atoms with Crippen molar-refractivity contribution in [1.82, 2.24) is 15.0 Å². The van der Waals surface area contributed by atoms with Gasteiger partial charge in [0.1, 0.15) is 16.4 Å². The Labute approximate surface area is 176 Å². The maximum Gasteiger partial charge on any atom is 0.215 e. The number of sulfone groups is 1. The Hall–Kier alpha value is -2.46. The topological polar surface area (TPSA) is 121 Å². The number of hydrogen-bond acceptors (Lipinski definition) is 9. The summed E-state index contributed by atoms with van der Waals surface area (Å²) in [6.07, 6.45) is 1.16. The van der Waals surface area contributed by atoms with Gasteiger partial charge in [-0.2, -0.15) is 4.98 Å². The maximum atomic E-state index is 12.9. The summed E-state index contributed by atoms with van der Waals surface area (Å²) >= 11 is 0. The third-order valence-corrected chi connectivity index (χ3v) is 8.57. The van der Waals surface area contributed by atoms with Gasteiger partial charge in [0, 0.05) is 24.2 Å². The van der Waals surface area contributed by atoms with Crippen molar-refractivity contribution in [3.63, 3.8) is 0 Å². The van der Waals surface area contributed by atoms with Crippen LogP contribution in [0.4, 0.5) is 11.6 Å². The van der Waals surface area contributed by atoms with Crippen LogP contribution in [-0.4, -0.2) is 62.0 Å². The van der Waals surface area contributed by atoms with Gasteiger partial charge in [0.15, 0.2) is 15.7 Å². The molecule has 2 fully saturated rings. The summed E-state index contributed by atoms with van der Waals surface area (Å²) < 4.78 is 35.5. The van der Waals surface area contributed by atoms with Gasteiger partial charge in [0.25, 0.3) is 0 Å². The molecular weight excluding hydrogens is 406 g/mol. The fourth-order valence-electron chi connectivity index (χ4n) is 4.08. The third-order valence-electron chi connectivity index (χ3n) is 5.96. The van der Waals surface area contributed by atoms with E-state index < -0.39 is 14.6 Å². The van der Waals surface area contributed by atoms with Crippen LogP contribution in [0.5, 0.6) is 5.88 Å². The Morgan fingerprint density at radius 3 is 2.73 bits per heavy atom. The first kappa shape index (κ1) is 20.8. The molecule has 162 valence electrons. The molecule has 0 radical (unpaired) electrons.